The van der Waals surface area contributed by atoms with Gasteiger partial charge in [0.25, 0.3) is 0 Å². The molecule has 30 heavy (non-hydrogen) atoms. The summed E-state index contributed by atoms with van der Waals surface area (Å²) in [6.45, 7) is 2.01. The van der Waals surface area contributed by atoms with E-state index in [0.29, 0.717) is 12.2 Å². The molecule has 3 aromatic rings. The molecule has 0 aromatic heterocycles. The minimum atomic E-state index is -4.34. The van der Waals surface area contributed by atoms with Gasteiger partial charge >= 0.3 is 12.1 Å². The number of halogens is 3. The molecule has 3 nitrogen and oxygen atoms in total. The van der Waals surface area contributed by atoms with Crippen molar-refractivity contribution in [1.29, 1.82) is 0 Å². The van der Waals surface area contributed by atoms with E-state index in [2.05, 4.69) is 0 Å². The molecule has 1 atom stereocenters. The highest BCUT2D eigenvalue weighted by atomic mass is 19.4. The average molecular weight is 414 g/mol. The van der Waals surface area contributed by atoms with Crippen LogP contribution in [0.1, 0.15) is 34.8 Å². The third-order valence-electron chi connectivity index (χ3n) is 4.82. The van der Waals surface area contributed by atoms with Gasteiger partial charge < -0.3 is 9.84 Å². The molecule has 3 aromatic carbocycles. The van der Waals surface area contributed by atoms with Crippen molar-refractivity contribution in [2.24, 2.45) is 0 Å². The summed E-state index contributed by atoms with van der Waals surface area (Å²) in [5, 5.41) is 8.96. The molecule has 6 heteroatoms. The number of alkyl halides is 3. The first-order chi connectivity index (χ1) is 14.3. The van der Waals surface area contributed by atoms with Gasteiger partial charge in [-0.25, -0.2) is 4.79 Å². The number of ether oxygens (including phenoxy) is 1. The third-order valence-corrected chi connectivity index (χ3v) is 4.82. The van der Waals surface area contributed by atoms with Crippen LogP contribution in [0.4, 0.5) is 13.2 Å². The number of benzene rings is 3. The van der Waals surface area contributed by atoms with Gasteiger partial charge in [0.2, 0.25) is 0 Å². The number of carbonyl (C=O) groups is 1. The molecule has 0 aliphatic carbocycles. The number of carboxylic acid groups (broad SMARTS) is 1. The highest BCUT2D eigenvalue weighted by Crippen LogP contribution is 2.31. The first-order valence-electron chi connectivity index (χ1n) is 9.53. The molecular formula is C24H21F3O3. The van der Waals surface area contributed by atoms with Crippen LogP contribution in [0.3, 0.4) is 0 Å². The van der Waals surface area contributed by atoms with Gasteiger partial charge in [0.05, 0.1) is 11.1 Å². The van der Waals surface area contributed by atoms with Gasteiger partial charge in [0.1, 0.15) is 11.9 Å². The van der Waals surface area contributed by atoms with Crippen LogP contribution in [0.15, 0.2) is 72.8 Å². The molecule has 156 valence electrons. The number of rotatable bonds is 7. The Kier molecular flexibility index (Phi) is 6.45. The second-order valence-electron chi connectivity index (χ2n) is 6.95. The van der Waals surface area contributed by atoms with E-state index in [1.807, 2.05) is 31.2 Å². The summed E-state index contributed by atoms with van der Waals surface area (Å²) in [6.07, 6.45) is -3.00. The van der Waals surface area contributed by atoms with Crippen molar-refractivity contribution in [1.82, 2.24) is 0 Å². The predicted molar refractivity (Wildman–Crippen MR) is 109 cm³/mol. The molecule has 0 aliphatic heterocycles. The maximum atomic E-state index is 12.7. The second-order valence-corrected chi connectivity index (χ2v) is 6.95. The van der Waals surface area contributed by atoms with Gasteiger partial charge in [0.15, 0.2) is 0 Å². The minimum Gasteiger partial charge on any atom is -0.490 e. The Morgan fingerprint density at radius 3 is 1.90 bits per heavy atom. The van der Waals surface area contributed by atoms with Crippen LogP contribution < -0.4 is 4.74 Å². The summed E-state index contributed by atoms with van der Waals surface area (Å²) in [5.74, 6) is -0.380. The highest BCUT2D eigenvalue weighted by molar-refractivity contribution is 5.87. The van der Waals surface area contributed by atoms with Gasteiger partial charge in [-0.05, 0) is 59.5 Å². The van der Waals surface area contributed by atoms with Crippen LogP contribution in [-0.2, 0) is 12.6 Å². The zero-order valence-corrected chi connectivity index (χ0v) is 16.3. The first-order valence-corrected chi connectivity index (χ1v) is 9.53. The van der Waals surface area contributed by atoms with Crippen molar-refractivity contribution >= 4 is 5.97 Å². The fraction of sp³-hybridized carbons (Fsp3) is 0.208. The number of hydrogen-bond donors (Lipinski definition) is 1. The van der Waals surface area contributed by atoms with E-state index >= 15 is 0 Å². The monoisotopic (exact) mass is 414 g/mol. The minimum absolute atomic E-state index is 0.0856. The van der Waals surface area contributed by atoms with E-state index in [0.717, 1.165) is 35.2 Å². The molecule has 0 amide bonds. The normalized spacial score (nSPS) is 12.4. The molecular weight excluding hydrogens is 393 g/mol. The van der Waals surface area contributed by atoms with E-state index < -0.39 is 17.7 Å². The van der Waals surface area contributed by atoms with Gasteiger partial charge in [-0.1, -0.05) is 43.3 Å². The van der Waals surface area contributed by atoms with Gasteiger partial charge in [-0.2, -0.15) is 13.2 Å². The van der Waals surface area contributed by atoms with Crippen molar-refractivity contribution in [2.75, 3.05) is 0 Å². The number of carboxylic acids is 1. The zero-order valence-electron chi connectivity index (χ0n) is 16.3. The molecule has 0 fully saturated rings. The smallest absolute Gasteiger partial charge is 0.416 e. The topological polar surface area (TPSA) is 46.5 Å². The second kappa shape index (κ2) is 9.03. The van der Waals surface area contributed by atoms with E-state index in [1.54, 1.807) is 12.1 Å². The molecule has 0 heterocycles. The Hall–Kier alpha value is -3.28. The summed E-state index contributed by atoms with van der Waals surface area (Å²) >= 11 is 0. The molecule has 0 saturated carbocycles. The average Bonchev–Trinajstić information content (AvgIpc) is 2.73. The Balaban J connectivity index is 1.65. The van der Waals surface area contributed by atoms with E-state index in [1.165, 1.54) is 24.3 Å². The van der Waals surface area contributed by atoms with Crippen molar-refractivity contribution in [3.63, 3.8) is 0 Å². The molecule has 0 radical (unpaired) electrons. The van der Waals surface area contributed by atoms with Crippen molar-refractivity contribution in [3.05, 3.63) is 89.5 Å². The highest BCUT2D eigenvalue weighted by Gasteiger charge is 2.29. The van der Waals surface area contributed by atoms with Crippen molar-refractivity contribution in [3.8, 4) is 16.9 Å². The Bertz CT molecular complexity index is 976. The van der Waals surface area contributed by atoms with Gasteiger partial charge in [-0.3, -0.25) is 0 Å². The van der Waals surface area contributed by atoms with Crippen LogP contribution in [0.2, 0.25) is 0 Å². The van der Waals surface area contributed by atoms with E-state index in [9.17, 15) is 18.0 Å². The van der Waals surface area contributed by atoms with Crippen LogP contribution in [0, 0.1) is 0 Å². The SMILES string of the molecule is CCC(Cc1ccc(-c2ccc(C(F)(F)F)cc2)cc1)Oc1ccc(C(=O)O)cc1. The fourth-order valence-electron chi connectivity index (χ4n) is 3.09. The Morgan fingerprint density at radius 1 is 0.900 bits per heavy atom. The quantitative estimate of drug-likeness (QED) is 0.482. The molecule has 0 saturated heterocycles. The van der Waals surface area contributed by atoms with Crippen LogP contribution >= 0.6 is 0 Å². The fourth-order valence-corrected chi connectivity index (χ4v) is 3.09. The van der Waals surface area contributed by atoms with Crippen LogP contribution in [0.5, 0.6) is 5.75 Å². The lowest BCUT2D eigenvalue weighted by atomic mass is 10.00. The van der Waals surface area contributed by atoms with Crippen LogP contribution in [0.25, 0.3) is 11.1 Å². The lowest BCUT2D eigenvalue weighted by molar-refractivity contribution is -0.137. The maximum Gasteiger partial charge on any atom is 0.416 e. The largest absolute Gasteiger partial charge is 0.490 e. The summed E-state index contributed by atoms with van der Waals surface area (Å²) in [5.41, 5.74) is 2.14. The predicted octanol–water partition coefficient (Wildman–Crippen LogP) is 6.47. The van der Waals surface area contributed by atoms with Crippen LogP contribution in [-0.4, -0.2) is 17.2 Å². The van der Waals surface area contributed by atoms with E-state index in [4.69, 9.17) is 9.84 Å². The lowest BCUT2D eigenvalue weighted by Crippen LogP contribution is -2.18. The van der Waals surface area contributed by atoms with Gasteiger partial charge in [-0.15, -0.1) is 0 Å². The molecule has 1 unspecified atom stereocenters. The zero-order chi connectivity index (χ0) is 21.7. The number of aromatic carboxylic acids is 1. The van der Waals surface area contributed by atoms with Gasteiger partial charge in [0, 0.05) is 6.42 Å². The third kappa shape index (κ3) is 5.41. The first kappa shape index (κ1) is 21.4. The Morgan fingerprint density at radius 2 is 1.43 bits per heavy atom. The summed E-state index contributed by atoms with van der Waals surface area (Å²) in [4.78, 5) is 10.9. The molecule has 0 spiro atoms. The summed E-state index contributed by atoms with van der Waals surface area (Å²) in [6, 6.07) is 19.0. The Labute approximate surface area is 172 Å². The van der Waals surface area contributed by atoms with E-state index in [-0.39, 0.29) is 11.7 Å². The van der Waals surface area contributed by atoms with Crippen molar-refractivity contribution < 1.29 is 27.8 Å². The van der Waals surface area contributed by atoms with Crippen molar-refractivity contribution in [2.45, 2.75) is 32.0 Å². The summed E-state index contributed by atoms with van der Waals surface area (Å²) < 4.78 is 44.1. The molecule has 0 bridgehead atoms. The molecule has 1 N–H and O–H groups in total. The maximum absolute atomic E-state index is 12.7. The summed E-state index contributed by atoms with van der Waals surface area (Å²) in [7, 11) is 0. The molecule has 3 rings (SSSR count). The molecule has 0 aliphatic rings. The number of hydrogen-bond acceptors (Lipinski definition) is 2. The lowest BCUT2D eigenvalue weighted by Gasteiger charge is -2.18. The standard InChI is InChI=1S/C24H21F3O3/c1-2-21(30-22-13-9-19(10-14-22)23(28)29)15-16-3-5-17(6-4-16)18-7-11-20(12-8-18)24(25,26)27/h3-14,21H,2,15H2,1H3,(H,28,29).